The Morgan fingerprint density at radius 1 is 1.40 bits per heavy atom. The molecular formula is C8H11N2+. The van der Waals surface area contributed by atoms with Crippen molar-refractivity contribution in [3.05, 3.63) is 30.1 Å². The molecule has 0 radical (unpaired) electrons. The second kappa shape index (κ2) is 3.11. The van der Waals surface area contributed by atoms with E-state index < -0.39 is 0 Å². The third-order valence-corrected chi connectivity index (χ3v) is 1.28. The summed E-state index contributed by atoms with van der Waals surface area (Å²) in [5.74, 6) is 0. The average Bonchev–Trinajstić information content (AvgIpc) is 1.95. The molecule has 1 aromatic heterocycles. The first-order chi connectivity index (χ1) is 4.83. The van der Waals surface area contributed by atoms with Crippen LogP contribution in [0.4, 0.5) is 0 Å². The summed E-state index contributed by atoms with van der Waals surface area (Å²) in [6, 6.07) is 4.04. The topological polar surface area (TPSA) is 16.2 Å². The van der Waals surface area contributed by atoms with Crippen LogP contribution >= 0.6 is 0 Å². The number of rotatable bonds is 1. The van der Waals surface area contributed by atoms with Gasteiger partial charge in [-0.25, -0.2) is 4.57 Å². The van der Waals surface area contributed by atoms with E-state index in [0.29, 0.717) is 0 Å². The van der Waals surface area contributed by atoms with E-state index in [-0.39, 0.29) is 0 Å². The van der Waals surface area contributed by atoms with Crippen molar-refractivity contribution in [2.45, 2.75) is 0 Å². The highest BCUT2D eigenvalue weighted by Crippen LogP contribution is 1.88. The maximum Gasteiger partial charge on any atom is 0.169 e. The van der Waals surface area contributed by atoms with E-state index >= 15 is 0 Å². The van der Waals surface area contributed by atoms with Crippen LogP contribution in [-0.2, 0) is 7.05 Å². The quantitative estimate of drug-likeness (QED) is 0.395. The third-order valence-electron chi connectivity index (χ3n) is 1.28. The number of aryl methyl sites for hydroxylation is 1. The van der Waals surface area contributed by atoms with Crippen LogP contribution in [0.15, 0.2) is 29.5 Å². The summed E-state index contributed by atoms with van der Waals surface area (Å²) in [5, 5.41) is 0. The van der Waals surface area contributed by atoms with Gasteiger partial charge in [0.15, 0.2) is 12.4 Å². The van der Waals surface area contributed by atoms with E-state index in [1.165, 1.54) is 0 Å². The van der Waals surface area contributed by atoms with Gasteiger partial charge < -0.3 is 0 Å². The van der Waals surface area contributed by atoms with Crippen molar-refractivity contribution >= 4 is 6.21 Å². The molecule has 2 heteroatoms. The maximum atomic E-state index is 3.90. The Morgan fingerprint density at radius 2 is 2.00 bits per heavy atom. The zero-order valence-electron chi connectivity index (χ0n) is 6.28. The van der Waals surface area contributed by atoms with E-state index in [0.717, 1.165) is 5.56 Å². The molecule has 0 spiro atoms. The molecule has 2 nitrogen and oxygen atoms in total. The van der Waals surface area contributed by atoms with Crippen LogP contribution in [0, 0.1) is 0 Å². The fraction of sp³-hybridized carbons (Fsp3) is 0.250. The monoisotopic (exact) mass is 135 g/mol. The van der Waals surface area contributed by atoms with E-state index in [1.54, 1.807) is 7.05 Å². The molecule has 0 amide bonds. The van der Waals surface area contributed by atoms with E-state index in [1.807, 2.05) is 42.4 Å². The van der Waals surface area contributed by atoms with Crippen LogP contribution in [0.1, 0.15) is 5.56 Å². The predicted molar refractivity (Wildman–Crippen MR) is 41.1 cm³/mol. The molecule has 0 saturated heterocycles. The number of hydrogen-bond acceptors (Lipinski definition) is 1. The molecule has 0 bridgehead atoms. The first-order valence-electron chi connectivity index (χ1n) is 3.20. The lowest BCUT2D eigenvalue weighted by Gasteiger charge is -1.87. The fourth-order valence-corrected chi connectivity index (χ4v) is 0.748. The van der Waals surface area contributed by atoms with Gasteiger partial charge in [0, 0.05) is 31.0 Å². The molecule has 0 saturated carbocycles. The number of hydrogen-bond donors (Lipinski definition) is 0. The normalized spacial score (nSPS) is 10.6. The minimum Gasteiger partial charge on any atom is -0.296 e. The first-order valence-corrected chi connectivity index (χ1v) is 3.20. The third kappa shape index (κ3) is 1.65. The highest BCUT2D eigenvalue weighted by atomic mass is 14.9. The maximum absolute atomic E-state index is 3.90. The molecule has 0 aromatic carbocycles. The van der Waals surface area contributed by atoms with Gasteiger partial charge in [0.25, 0.3) is 0 Å². The largest absolute Gasteiger partial charge is 0.296 e. The number of pyridine rings is 1. The van der Waals surface area contributed by atoms with Crippen molar-refractivity contribution in [1.82, 2.24) is 0 Å². The molecule has 0 unspecified atom stereocenters. The van der Waals surface area contributed by atoms with Crippen molar-refractivity contribution < 1.29 is 4.57 Å². The van der Waals surface area contributed by atoms with Crippen LogP contribution in [0.25, 0.3) is 0 Å². The molecule has 0 N–H and O–H groups in total. The number of aromatic nitrogens is 1. The van der Waals surface area contributed by atoms with Crippen molar-refractivity contribution in [3.8, 4) is 0 Å². The van der Waals surface area contributed by atoms with Gasteiger partial charge in [0.05, 0.1) is 0 Å². The Kier molecular flexibility index (Phi) is 2.15. The molecule has 0 aliphatic carbocycles. The standard InChI is InChI=1S/C8H11N2/c1-9-7-8-3-5-10(2)6-4-8/h3-7H,1-2H3/q+1/b9-7+. The average molecular weight is 135 g/mol. The van der Waals surface area contributed by atoms with Crippen LogP contribution in [0.3, 0.4) is 0 Å². The Hall–Kier alpha value is -1.18. The second-order valence-electron chi connectivity index (χ2n) is 2.18. The lowest BCUT2D eigenvalue weighted by Crippen LogP contribution is -2.25. The van der Waals surface area contributed by atoms with E-state index in [2.05, 4.69) is 4.99 Å². The van der Waals surface area contributed by atoms with Gasteiger partial charge in [0.1, 0.15) is 7.05 Å². The summed E-state index contributed by atoms with van der Waals surface area (Å²) in [7, 11) is 3.76. The minimum atomic E-state index is 1.14. The van der Waals surface area contributed by atoms with Crippen molar-refractivity contribution in [1.29, 1.82) is 0 Å². The smallest absolute Gasteiger partial charge is 0.169 e. The molecule has 0 aliphatic heterocycles. The van der Waals surface area contributed by atoms with E-state index in [4.69, 9.17) is 0 Å². The molecule has 10 heavy (non-hydrogen) atoms. The Balaban J connectivity index is 2.89. The van der Waals surface area contributed by atoms with Gasteiger partial charge in [-0.1, -0.05) is 0 Å². The SMILES string of the molecule is C/N=C/c1cc[n+](C)cc1. The van der Waals surface area contributed by atoms with Gasteiger partial charge in [0.2, 0.25) is 0 Å². The molecule has 0 atom stereocenters. The summed E-state index contributed by atoms with van der Waals surface area (Å²) in [5.41, 5.74) is 1.14. The van der Waals surface area contributed by atoms with Gasteiger partial charge >= 0.3 is 0 Å². The number of aliphatic imine (C=N–C) groups is 1. The van der Waals surface area contributed by atoms with Crippen LogP contribution < -0.4 is 4.57 Å². The molecule has 1 heterocycles. The molecule has 1 aromatic rings. The van der Waals surface area contributed by atoms with Crippen LogP contribution in [-0.4, -0.2) is 13.3 Å². The summed E-state index contributed by atoms with van der Waals surface area (Å²) >= 11 is 0. The highest BCUT2D eigenvalue weighted by molar-refractivity contribution is 5.78. The minimum absolute atomic E-state index is 1.14. The second-order valence-corrected chi connectivity index (χ2v) is 2.18. The lowest BCUT2D eigenvalue weighted by atomic mass is 10.3. The molecule has 0 aliphatic rings. The molecule has 52 valence electrons. The summed E-state index contributed by atoms with van der Waals surface area (Å²) in [6.07, 6.45) is 5.83. The zero-order valence-corrected chi connectivity index (χ0v) is 6.28. The van der Waals surface area contributed by atoms with Gasteiger partial charge in [-0.2, -0.15) is 0 Å². The Labute approximate surface area is 60.9 Å². The molecule has 1 rings (SSSR count). The van der Waals surface area contributed by atoms with Gasteiger partial charge in [-0.05, 0) is 0 Å². The summed E-state index contributed by atoms with van der Waals surface area (Å²) in [4.78, 5) is 3.90. The van der Waals surface area contributed by atoms with Crippen LogP contribution in [0.5, 0.6) is 0 Å². The predicted octanol–water partition coefficient (Wildman–Crippen LogP) is 0.560. The van der Waals surface area contributed by atoms with Crippen molar-refractivity contribution in [2.24, 2.45) is 12.0 Å². The highest BCUT2D eigenvalue weighted by Gasteiger charge is 1.89. The fourth-order valence-electron chi connectivity index (χ4n) is 0.748. The molecular weight excluding hydrogens is 124 g/mol. The lowest BCUT2D eigenvalue weighted by molar-refractivity contribution is -0.671. The van der Waals surface area contributed by atoms with Crippen molar-refractivity contribution in [3.63, 3.8) is 0 Å². The van der Waals surface area contributed by atoms with Gasteiger partial charge in [-0.15, -0.1) is 0 Å². The van der Waals surface area contributed by atoms with Crippen LogP contribution in [0.2, 0.25) is 0 Å². The summed E-state index contributed by atoms with van der Waals surface area (Å²) in [6.45, 7) is 0. The zero-order chi connectivity index (χ0) is 7.40. The van der Waals surface area contributed by atoms with Gasteiger partial charge in [-0.3, -0.25) is 4.99 Å². The Morgan fingerprint density at radius 3 is 2.50 bits per heavy atom. The number of nitrogens with zero attached hydrogens (tertiary/aromatic N) is 2. The van der Waals surface area contributed by atoms with E-state index in [9.17, 15) is 0 Å². The Bertz CT molecular complexity index is 224. The molecule has 0 fully saturated rings. The summed E-state index contributed by atoms with van der Waals surface area (Å²) < 4.78 is 1.99. The first kappa shape index (κ1) is 6.93. The van der Waals surface area contributed by atoms with Crippen molar-refractivity contribution in [2.75, 3.05) is 7.05 Å².